The van der Waals surface area contributed by atoms with Crippen molar-refractivity contribution < 1.29 is 19.1 Å². The van der Waals surface area contributed by atoms with Crippen molar-refractivity contribution in [1.29, 1.82) is 0 Å². The molecule has 0 N–H and O–H groups in total. The van der Waals surface area contributed by atoms with Gasteiger partial charge in [0.1, 0.15) is 6.10 Å². The Kier molecular flexibility index (Phi) is 6.63. The van der Waals surface area contributed by atoms with E-state index in [1.165, 1.54) is 7.11 Å². The quantitative estimate of drug-likeness (QED) is 0.391. The number of hydrogen-bond donors (Lipinski definition) is 0. The predicted molar refractivity (Wildman–Crippen MR) is 56.0 cm³/mol. The summed E-state index contributed by atoms with van der Waals surface area (Å²) in [4.78, 5) is 21.7. The Labute approximate surface area is 88.9 Å². The van der Waals surface area contributed by atoms with E-state index in [1.54, 1.807) is 25.2 Å². The Hall–Kier alpha value is -1.84. The van der Waals surface area contributed by atoms with Crippen LogP contribution in [0.2, 0.25) is 0 Å². The van der Waals surface area contributed by atoms with Crippen LogP contribution < -0.4 is 0 Å². The average Bonchev–Trinajstić information content (AvgIpc) is 2.22. The fourth-order valence-corrected chi connectivity index (χ4v) is 0.701. The van der Waals surface area contributed by atoms with Crippen LogP contribution in [-0.4, -0.2) is 25.2 Å². The largest absolute Gasteiger partial charge is 0.466 e. The van der Waals surface area contributed by atoms with Crippen molar-refractivity contribution in [1.82, 2.24) is 0 Å². The van der Waals surface area contributed by atoms with Crippen LogP contribution in [0, 0.1) is 0 Å². The smallest absolute Gasteiger partial charge is 0.331 e. The Morgan fingerprint density at radius 3 is 2.40 bits per heavy atom. The molecule has 0 aliphatic rings. The van der Waals surface area contributed by atoms with E-state index in [9.17, 15) is 9.59 Å². The molecule has 0 heterocycles. The first-order valence-corrected chi connectivity index (χ1v) is 4.36. The third-order valence-electron chi connectivity index (χ3n) is 1.38. The molecule has 0 saturated heterocycles. The van der Waals surface area contributed by atoms with Crippen LogP contribution in [0.15, 0.2) is 37.0 Å². The molecule has 1 unspecified atom stereocenters. The fourth-order valence-electron chi connectivity index (χ4n) is 0.701. The van der Waals surface area contributed by atoms with E-state index in [1.807, 2.05) is 0 Å². The minimum Gasteiger partial charge on any atom is -0.466 e. The van der Waals surface area contributed by atoms with Gasteiger partial charge in [-0.1, -0.05) is 18.7 Å². The van der Waals surface area contributed by atoms with Gasteiger partial charge < -0.3 is 9.47 Å². The van der Waals surface area contributed by atoms with Gasteiger partial charge >= 0.3 is 11.9 Å². The van der Waals surface area contributed by atoms with Crippen LogP contribution >= 0.6 is 0 Å². The molecule has 15 heavy (non-hydrogen) atoms. The second kappa shape index (κ2) is 7.55. The highest BCUT2D eigenvalue weighted by Gasteiger charge is 2.03. The van der Waals surface area contributed by atoms with Gasteiger partial charge in [-0.3, -0.25) is 0 Å². The second-order valence-corrected chi connectivity index (χ2v) is 2.62. The molecule has 0 saturated carbocycles. The molecule has 0 aromatic rings. The summed E-state index contributed by atoms with van der Waals surface area (Å²) in [7, 11) is 1.23. The molecule has 0 aromatic heterocycles. The fraction of sp³-hybridized carbons (Fsp3) is 0.273. The normalized spacial score (nSPS) is 12.7. The van der Waals surface area contributed by atoms with Gasteiger partial charge in [-0.2, -0.15) is 0 Å². The lowest BCUT2D eigenvalue weighted by Gasteiger charge is -2.05. The molecular formula is C11H14O4. The van der Waals surface area contributed by atoms with Crippen molar-refractivity contribution in [2.45, 2.75) is 13.0 Å². The monoisotopic (exact) mass is 210 g/mol. The maximum Gasteiger partial charge on any atom is 0.331 e. The molecule has 0 aromatic carbocycles. The number of allylic oxidation sites excluding steroid dienone is 2. The predicted octanol–water partition coefficient (Wildman–Crippen LogP) is 1.39. The summed E-state index contributed by atoms with van der Waals surface area (Å²) in [5.41, 5.74) is 0. The van der Waals surface area contributed by atoms with Crippen molar-refractivity contribution in [2.75, 3.05) is 7.11 Å². The van der Waals surface area contributed by atoms with Gasteiger partial charge in [0, 0.05) is 12.2 Å². The molecule has 0 aliphatic carbocycles. The third-order valence-corrected chi connectivity index (χ3v) is 1.38. The first-order valence-electron chi connectivity index (χ1n) is 4.36. The maximum absolute atomic E-state index is 11.1. The number of esters is 2. The second-order valence-electron chi connectivity index (χ2n) is 2.62. The van der Waals surface area contributed by atoms with Gasteiger partial charge in [0.2, 0.25) is 0 Å². The minimum atomic E-state index is -0.596. The van der Waals surface area contributed by atoms with Crippen molar-refractivity contribution in [3.05, 3.63) is 37.0 Å². The number of rotatable bonds is 5. The van der Waals surface area contributed by atoms with Crippen molar-refractivity contribution in [3.63, 3.8) is 0 Å². The first kappa shape index (κ1) is 13.2. The van der Waals surface area contributed by atoms with Gasteiger partial charge in [0.15, 0.2) is 0 Å². The lowest BCUT2D eigenvalue weighted by molar-refractivity contribution is -0.141. The third kappa shape index (κ3) is 7.25. The highest BCUT2D eigenvalue weighted by Crippen LogP contribution is 1.95. The topological polar surface area (TPSA) is 52.6 Å². The number of carbonyl (C=O) groups excluding carboxylic acids is 2. The van der Waals surface area contributed by atoms with Gasteiger partial charge in [0.05, 0.1) is 7.11 Å². The molecule has 0 radical (unpaired) electrons. The lowest BCUT2D eigenvalue weighted by Crippen LogP contribution is -2.10. The van der Waals surface area contributed by atoms with Crippen LogP contribution in [0.3, 0.4) is 0 Å². The summed E-state index contributed by atoms with van der Waals surface area (Å²) >= 11 is 0. The van der Waals surface area contributed by atoms with Crippen LogP contribution in [-0.2, 0) is 19.1 Å². The number of ether oxygens (including phenoxy) is 2. The Balaban J connectivity index is 4.03. The molecule has 0 bridgehead atoms. The zero-order valence-electron chi connectivity index (χ0n) is 8.80. The molecule has 0 amide bonds. The summed E-state index contributed by atoms with van der Waals surface area (Å²) in [6.07, 6.45) is 6.57. The lowest BCUT2D eigenvalue weighted by atomic mass is 10.3. The highest BCUT2D eigenvalue weighted by atomic mass is 16.5. The molecule has 0 rings (SSSR count). The van der Waals surface area contributed by atoms with Gasteiger partial charge in [-0.05, 0) is 13.0 Å². The molecule has 4 nitrogen and oxygen atoms in total. The standard InChI is InChI=1S/C11H14O4/c1-4-5-6-9(2)15-11(13)8-7-10(12)14-3/h4-9H,1H2,2-3H3/b6-5+,8-7-. The average molecular weight is 210 g/mol. The van der Waals surface area contributed by atoms with Gasteiger partial charge in [0.25, 0.3) is 0 Å². The number of methoxy groups -OCH3 is 1. The molecule has 0 aliphatic heterocycles. The van der Waals surface area contributed by atoms with Crippen LogP contribution in [0.4, 0.5) is 0 Å². The maximum atomic E-state index is 11.1. The van der Waals surface area contributed by atoms with Crippen molar-refractivity contribution in [2.24, 2.45) is 0 Å². The molecule has 1 atom stereocenters. The summed E-state index contributed by atoms with van der Waals surface area (Å²) in [5.74, 6) is -1.19. The summed E-state index contributed by atoms with van der Waals surface area (Å²) in [6, 6.07) is 0. The Morgan fingerprint density at radius 2 is 1.87 bits per heavy atom. The molecule has 82 valence electrons. The molecule has 4 heteroatoms. The SMILES string of the molecule is C=C/C=C/C(C)OC(=O)/C=C\C(=O)OC. The van der Waals surface area contributed by atoms with Crippen LogP contribution in [0.1, 0.15) is 6.92 Å². The summed E-state index contributed by atoms with van der Waals surface area (Å²) < 4.78 is 9.19. The Bertz CT molecular complexity index is 289. The van der Waals surface area contributed by atoms with Crippen LogP contribution in [0.25, 0.3) is 0 Å². The van der Waals surface area contributed by atoms with Crippen molar-refractivity contribution in [3.8, 4) is 0 Å². The highest BCUT2D eigenvalue weighted by molar-refractivity contribution is 5.91. The first-order chi connectivity index (χ1) is 7.10. The summed E-state index contributed by atoms with van der Waals surface area (Å²) in [5, 5.41) is 0. The minimum absolute atomic E-state index is 0.363. The van der Waals surface area contributed by atoms with E-state index in [-0.39, 0.29) is 6.10 Å². The van der Waals surface area contributed by atoms with E-state index in [4.69, 9.17) is 4.74 Å². The van der Waals surface area contributed by atoms with E-state index in [0.717, 1.165) is 12.2 Å². The van der Waals surface area contributed by atoms with E-state index in [2.05, 4.69) is 11.3 Å². The molecule has 0 fully saturated rings. The van der Waals surface area contributed by atoms with E-state index in [0.29, 0.717) is 0 Å². The van der Waals surface area contributed by atoms with Gasteiger partial charge in [-0.25, -0.2) is 9.59 Å². The Morgan fingerprint density at radius 1 is 1.27 bits per heavy atom. The zero-order chi connectivity index (χ0) is 11.7. The zero-order valence-corrected chi connectivity index (χ0v) is 8.80. The molecular weight excluding hydrogens is 196 g/mol. The van der Waals surface area contributed by atoms with E-state index >= 15 is 0 Å². The van der Waals surface area contributed by atoms with E-state index < -0.39 is 11.9 Å². The van der Waals surface area contributed by atoms with Crippen LogP contribution in [0.5, 0.6) is 0 Å². The van der Waals surface area contributed by atoms with Gasteiger partial charge in [-0.15, -0.1) is 0 Å². The number of carbonyl (C=O) groups is 2. The number of hydrogen-bond acceptors (Lipinski definition) is 4. The molecule has 0 spiro atoms. The summed E-state index contributed by atoms with van der Waals surface area (Å²) in [6.45, 7) is 5.18. The van der Waals surface area contributed by atoms with Crippen molar-refractivity contribution >= 4 is 11.9 Å².